The standard InChI is InChI=1S/C27H33ClO6/c1-27(2)19-11-18(12-20(19)27)33-17-6-3-14(4-7-17)9-16-10-15(5-8-21(16)28)26-25(32)24(31)23(30)22(13-29)34-26/h3-8,10,18-20,22-26,29-32H,9,11-13H2,1-2H3/t18?,19?,20?,22-,23-,24+,25-,26+/m1/s1. The molecule has 2 aliphatic carbocycles. The van der Waals surface area contributed by atoms with Gasteiger partial charge in [0.05, 0.1) is 12.7 Å². The van der Waals surface area contributed by atoms with Crippen LogP contribution in [0.15, 0.2) is 42.5 Å². The Labute approximate surface area is 205 Å². The van der Waals surface area contributed by atoms with Gasteiger partial charge in [0.2, 0.25) is 0 Å². The summed E-state index contributed by atoms with van der Waals surface area (Å²) in [5.74, 6) is 2.48. The normalized spacial score (nSPS) is 36.2. The van der Waals surface area contributed by atoms with Crippen LogP contribution in [0.3, 0.4) is 0 Å². The maximum absolute atomic E-state index is 10.5. The molecule has 1 heterocycles. The second kappa shape index (κ2) is 9.08. The molecular weight excluding hydrogens is 456 g/mol. The summed E-state index contributed by atoms with van der Waals surface area (Å²) in [6.45, 7) is 4.24. The largest absolute Gasteiger partial charge is 0.490 e. The van der Waals surface area contributed by atoms with E-state index < -0.39 is 37.1 Å². The molecule has 34 heavy (non-hydrogen) atoms. The first kappa shape index (κ1) is 24.0. The third-order valence-corrected chi connectivity index (χ3v) is 8.60. The summed E-state index contributed by atoms with van der Waals surface area (Å²) >= 11 is 6.46. The highest BCUT2D eigenvalue weighted by Crippen LogP contribution is 2.67. The van der Waals surface area contributed by atoms with Crippen LogP contribution in [-0.4, -0.2) is 57.6 Å². The van der Waals surface area contributed by atoms with Crippen LogP contribution >= 0.6 is 11.6 Å². The molecule has 2 aromatic rings. The van der Waals surface area contributed by atoms with Gasteiger partial charge in [-0.15, -0.1) is 0 Å². The van der Waals surface area contributed by atoms with Crippen molar-refractivity contribution in [3.63, 3.8) is 0 Å². The van der Waals surface area contributed by atoms with Gasteiger partial charge in [-0.3, -0.25) is 0 Å². The average molecular weight is 489 g/mol. The Morgan fingerprint density at radius 1 is 0.971 bits per heavy atom. The molecule has 2 aromatic carbocycles. The SMILES string of the molecule is CC1(C)C2CC(Oc3ccc(Cc4cc([C@@H]5O[C@H](CO)[C@@H](O)[C@H](O)[C@H]5O)ccc4Cl)cc3)CC21. The van der Waals surface area contributed by atoms with Gasteiger partial charge >= 0.3 is 0 Å². The van der Waals surface area contributed by atoms with Gasteiger partial charge in [-0.25, -0.2) is 0 Å². The van der Waals surface area contributed by atoms with Gasteiger partial charge in [0, 0.05) is 5.02 Å². The number of rotatable bonds is 6. The second-order valence-corrected chi connectivity index (χ2v) is 11.1. The molecule has 5 rings (SSSR count). The van der Waals surface area contributed by atoms with Crippen LogP contribution in [0.2, 0.25) is 5.02 Å². The Bertz CT molecular complexity index is 1010. The highest BCUT2D eigenvalue weighted by molar-refractivity contribution is 6.31. The van der Waals surface area contributed by atoms with Crippen molar-refractivity contribution >= 4 is 11.6 Å². The van der Waals surface area contributed by atoms with Crippen molar-refractivity contribution in [3.8, 4) is 5.75 Å². The number of fused-ring (bicyclic) bond motifs is 1. The smallest absolute Gasteiger partial charge is 0.119 e. The van der Waals surface area contributed by atoms with E-state index in [1.807, 2.05) is 30.3 Å². The molecule has 3 aliphatic rings. The van der Waals surface area contributed by atoms with E-state index in [-0.39, 0.29) is 0 Å². The number of ether oxygens (including phenoxy) is 2. The molecule has 4 N–H and O–H groups in total. The van der Waals surface area contributed by atoms with E-state index in [1.165, 1.54) is 0 Å². The molecule has 0 aromatic heterocycles. The Morgan fingerprint density at radius 2 is 1.65 bits per heavy atom. The van der Waals surface area contributed by atoms with Crippen molar-refractivity contribution in [1.29, 1.82) is 0 Å². The zero-order valence-electron chi connectivity index (χ0n) is 19.5. The molecule has 0 amide bonds. The minimum absolute atomic E-state index is 0.304. The maximum atomic E-state index is 10.5. The minimum atomic E-state index is -1.42. The van der Waals surface area contributed by atoms with E-state index in [1.54, 1.807) is 12.1 Å². The van der Waals surface area contributed by atoms with Crippen molar-refractivity contribution in [1.82, 2.24) is 0 Å². The predicted octanol–water partition coefficient (Wildman–Crippen LogP) is 3.26. The molecule has 7 atom stereocenters. The highest BCUT2D eigenvalue weighted by atomic mass is 35.5. The summed E-state index contributed by atoms with van der Waals surface area (Å²) in [7, 11) is 0. The van der Waals surface area contributed by atoms with Gasteiger partial charge in [-0.05, 0) is 71.4 Å². The second-order valence-electron chi connectivity index (χ2n) is 10.7. The molecule has 0 spiro atoms. The number of hydrogen-bond donors (Lipinski definition) is 4. The molecule has 0 bridgehead atoms. The fourth-order valence-corrected chi connectivity index (χ4v) is 6.12. The summed E-state index contributed by atoms with van der Waals surface area (Å²) in [5, 5.41) is 40.7. The van der Waals surface area contributed by atoms with Gasteiger partial charge in [-0.1, -0.05) is 49.7 Å². The van der Waals surface area contributed by atoms with Gasteiger partial charge in [0.25, 0.3) is 0 Å². The summed E-state index contributed by atoms with van der Waals surface area (Å²) < 4.78 is 11.9. The monoisotopic (exact) mass is 488 g/mol. The fourth-order valence-electron chi connectivity index (χ4n) is 5.93. The van der Waals surface area contributed by atoms with Crippen LogP contribution in [0.25, 0.3) is 0 Å². The number of aliphatic hydroxyl groups excluding tert-OH is 4. The number of halogens is 1. The quantitative estimate of drug-likeness (QED) is 0.498. The summed E-state index contributed by atoms with van der Waals surface area (Å²) in [6.07, 6.45) is -2.80. The summed E-state index contributed by atoms with van der Waals surface area (Å²) in [6, 6.07) is 13.4. The van der Waals surface area contributed by atoms with Crippen LogP contribution in [0, 0.1) is 17.3 Å². The number of hydrogen-bond acceptors (Lipinski definition) is 6. The molecule has 0 radical (unpaired) electrons. The zero-order chi connectivity index (χ0) is 24.2. The first-order valence-electron chi connectivity index (χ1n) is 12.0. The lowest BCUT2D eigenvalue weighted by Crippen LogP contribution is -2.55. The molecule has 1 saturated heterocycles. The van der Waals surface area contributed by atoms with Crippen LogP contribution in [-0.2, 0) is 11.2 Å². The molecular formula is C27H33ClO6. The molecule has 2 saturated carbocycles. The molecule has 1 aliphatic heterocycles. The van der Waals surface area contributed by atoms with Gasteiger partial charge in [0.15, 0.2) is 0 Å². The lowest BCUT2D eigenvalue weighted by molar-refractivity contribution is -0.231. The summed E-state index contributed by atoms with van der Waals surface area (Å²) in [5.41, 5.74) is 3.03. The topological polar surface area (TPSA) is 99.4 Å². The predicted molar refractivity (Wildman–Crippen MR) is 128 cm³/mol. The zero-order valence-corrected chi connectivity index (χ0v) is 20.2. The van der Waals surface area contributed by atoms with E-state index in [9.17, 15) is 20.4 Å². The molecule has 6 nitrogen and oxygen atoms in total. The molecule has 2 unspecified atom stereocenters. The first-order valence-corrected chi connectivity index (χ1v) is 12.4. The van der Waals surface area contributed by atoms with E-state index in [2.05, 4.69) is 13.8 Å². The van der Waals surface area contributed by atoms with E-state index in [0.29, 0.717) is 28.5 Å². The van der Waals surface area contributed by atoms with Crippen molar-refractivity contribution in [2.45, 2.75) is 69.7 Å². The van der Waals surface area contributed by atoms with Crippen LogP contribution in [0.5, 0.6) is 5.75 Å². The Kier molecular flexibility index (Phi) is 6.42. The van der Waals surface area contributed by atoms with Gasteiger partial charge in [0.1, 0.15) is 36.3 Å². The lowest BCUT2D eigenvalue weighted by atomic mass is 9.90. The van der Waals surface area contributed by atoms with Crippen molar-refractivity contribution in [3.05, 3.63) is 64.2 Å². The number of benzene rings is 2. The van der Waals surface area contributed by atoms with E-state index in [4.69, 9.17) is 21.1 Å². The lowest BCUT2D eigenvalue weighted by Gasteiger charge is -2.40. The maximum Gasteiger partial charge on any atom is 0.119 e. The van der Waals surface area contributed by atoms with Crippen LogP contribution in [0.4, 0.5) is 0 Å². The summed E-state index contributed by atoms with van der Waals surface area (Å²) in [4.78, 5) is 0. The number of aliphatic hydroxyl groups is 4. The fraction of sp³-hybridized carbons (Fsp3) is 0.556. The van der Waals surface area contributed by atoms with Crippen molar-refractivity contribution < 1.29 is 29.9 Å². The third kappa shape index (κ3) is 4.36. The van der Waals surface area contributed by atoms with Crippen LogP contribution in [0.1, 0.15) is 49.5 Å². The van der Waals surface area contributed by atoms with Crippen molar-refractivity contribution in [2.75, 3.05) is 6.61 Å². The first-order chi connectivity index (χ1) is 16.2. The Hall–Kier alpha value is -1.67. The minimum Gasteiger partial charge on any atom is -0.490 e. The third-order valence-electron chi connectivity index (χ3n) is 8.23. The van der Waals surface area contributed by atoms with Crippen molar-refractivity contribution in [2.24, 2.45) is 17.3 Å². The molecule has 184 valence electrons. The van der Waals surface area contributed by atoms with Crippen LogP contribution < -0.4 is 4.74 Å². The molecule has 3 fully saturated rings. The van der Waals surface area contributed by atoms with E-state index >= 15 is 0 Å². The molecule has 7 heteroatoms. The van der Waals surface area contributed by atoms with Gasteiger partial charge < -0.3 is 29.9 Å². The van der Waals surface area contributed by atoms with Gasteiger partial charge in [-0.2, -0.15) is 0 Å². The Balaban J connectivity index is 1.25. The highest BCUT2D eigenvalue weighted by Gasteiger charge is 2.62. The van der Waals surface area contributed by atoms with E-state index in [0.717, 1.165) is 41.6 Å². The average Bonchev–Trinajstić information content (AvgIpc) is 3.13. The Morgan fingerprint density at radius 3 is 2.29 bits per heavy atom.